The average Bonchev–Trinajstić information content (AvgIpc) is 2.27. The van der Waals surface area contributed by atoms with E-state index in [-0.39, 0.29) is 17.1 Å². The fraction of sp³-hybridized carbons (Fsp3) is 0.455. The Balaban J connectivity index is 2.74. The molecule has 0 aliphatic rings. The van der Waals surface area contributed by atoms with E-state index >= 15 is 0 Å². The zero-order valence-electron chi connectivity index (χ0n) is 10.5. The van der Waals surface area contributed by atoms with Gasteiger partial charge in [0.2, 0.25) is 10.0 Å². The van der Waals surface area contributed by atoms with Gasteiger partial charge in [-0.3, -0.25) is 0 Å². The fourth-order valence-electron chi connectivity index (χ4n) is 1.35. The lowest BCUT2D eigenvalue weighted by molar-refractivity contribution is 0.358. The number of rotatable bonds is 6. The first-order valence-electron chi connectivity index (χ1n) is 5.59. The monoisotopic (exact) mass is 275 g/mol. The van der Waals surface area contributed by atoms with Crippen LogP contribution in [0.5, 0.6) is 0 Å². The highest BCUT2D eigenvalue weighted by molar-refractivity contribution is 7.89. The van der Waals surface area contributed by atoms with Gasteiger partial charge < -0.3 is 10.6 Å². The SMILES string of the molecule is CCN(C)CCNS(=O)(=O)c1cc(N)cc(F)c1. The Bertz CT molecular complexity index is 485. The Labute approximate surface area is 107 Å². The summed E-state index contributed by atoms with van der Waals surface area (Å²) in [6, 6.07) is 3.25. The van der Waals surface area contributed by atoms with Gasteiger partial charge in [-0.05, 0) is 31.8 Å². The Kier molecular flexibility index (Phi) is 5.06. The molecule has 0 heterocycles. The van der Waals surface area contributed by atoms with E-state index < -0.39 is 15.8 Å². The summed E-state index contributed by atoms with van der Waals surface area (Å²) in [5.41, 5.74) is 5.50. The number of sulfonamides is 1. The zero-order valence-corrected chi connectivity index (χ0v) is 11.3. The second-order valence-corrected chi connectivity index (χ2v) is 5.78. The minimum atomic E-state index is -3.71. The molecule has 0 aliphatic heterocycles. The van der Waals surface area contributed by atoms with Crippen molar-refractivity contribution in [1.82, 2.24) is 9.62 Å². The highest BCUT2D eigenvalue weighted by atomic mass is 32.2. The number of halogens is 1. The quantitative estimate of drug-likeness (QED) is 0.747. The van der Waals surface area contributed by atoms with Crippen LogP contribution in [0.15, 0.2) is 23.1 Å². The summed E-state index contributed by atoms with van der Waals surface area (Å²) in [6.45, 7) is 3.65. The largest absolute Gasteiger partial charge is 0.399 e. The van der Waals surface area contributed by atoms with Gasteiger partial charge in [0, 0.05) is 18.8 Å². The zero-order chi connectivity index (χ0) is 13.8. The number of benzene rings is 1. The molecule has 3 N–H and O–H groups in total. The topological polar surface area (TPSA) is 75.4 Å². The molecular formula is C11H18FN3O2S. The van der Waals surface area contributed by atoms with E-state index in [1.807, 2.05) is 18.9 Å². The van der Waals surface area contributed by atoms with Crippen molar-refractivity contribution in [2.45, 2.75) is 11.8 Å². The van der Waals surface area contributed by atoms with Crippen molar-refractivity contribution in [3.8, 4) is 0 Å². The second kappa shape index (κ2) is 6.12. The first-order valence-corrected chi connectivity index (χ1v) is 7.07. The minimum Gasteiger partial charge on any atom is -0.399 e. The van der Waals surface area contributed by atoms with Crippen molar-refractivity contribution in [3.63, 3.8) is 0 Å². The third-order valence-corrected chi connectivity index (χ3v) is 3.97. The molecular weight excluding hydrogens is 257 g/mol. The van der Waals surface area contributed by atoms with E-state index in [1.165, 1.54) is 6.07 Å². The number of anilines is 1. The van der Waals surface area contributed by atoms with Gasteiger partial charge in [0.1, 0.15) is 5.82 Å². The third-order valence-electron chi connectivity index (χ3n) is 2.53. The molecule has 0 aromatic heterocycles. The average molecular weight is 275 g/mol. The number of hydrogen-bond acceptors (Lipinski definition) is 4. The van der Waals surface area contributed by atoms with Crippen LogP contribution in [0.25, 0.3) is 0 Å². The van der Waals surface area contributed by atoms with Crippen molar-refractivity contribution in [2.75, 3.05) is 32.4 Å². The van der Waals surface area contributed by atoms with Crippen LogP contribution in [-0.4, -0.2) is 40.0 Å². The molecule has 0 saturated carbocycles. The Morgan fingerprint density at radius 3 is 2.61 bits per heavy atom. The maximum Gasteiger partial charge on any atom is 0.240 e. The van der Waals surface area contributed by atoms with Crippen LogP contribution in [0, 0.1) is 5.82 Å². The van der Waals surface area contributed by atoms with Crippen molar-refractivity contribution in [3.05, 3.63) is 24.0 Å². The third kappa shape index (κ3) is 4.25. The van der Waals surface area contributed by atoms with E-state index in [9.17, 15) is 12.8 Å². The molecule has 0 radical (unpaired) electrons. The summed E-state index contributed by atoms with van der Waals surface area (Å²) < 4.78 is 39.2. The summed E-state index contributed by atoms with van der Waals surface area (Å²) in [6.07, 6.45) is 0. The molecule has 0 saturated heterocycles. The van der Waals surface area contributed by atoms with Crippen molar-refractivity contribution in [2.24, 2.45) is 0 Å². The van der Waals surface area contributed by atoms with Gasteiger partial charge in [0.05, 0.1) is 4.90 Å². The summed E-state index contributed by atoms with van der Waals surface area (Å²) in [5.74, 6) is -0.666. The molecule has 5 nitrogen and oxygen atoms in total. The lowest BCUT2D eigenvalue weighted by atomic mass is 10.3. The molecule has 0 amide bonds. The molecule has 0 unspecified atom stereocenters. The van der Waals surface area contributed by atoms with E-state index in [0.717, 1.165) is 18.7 Å². The second-order valence-electron chi connectivity index (χ2n) is 4.01. The normalized spacial score (nSPS) is 12.0. The molecule has 1 aromatic rings. The Morgan fingerprint density at radius 1 is 1.39 bits per heavy atom. The summed E-state index contributed by atoms with van der Waals surface area (Å²) in [4.78, 5) is 1.81. The van der Waals surface area contributed by atoms with Gasteiger partial charge in [-0.15, -0.1) is 0 Å². The van der Waals surface area contributed by atoms with Gasteiger partial charge in [0.25, 0.3) is 0 Å². The fourth-order valence-corrected chi connectivity index (χ4v) is 2.44. The van der Waals surface area contributed by atoms with Crippen LogP contribution < -0.4 is 10.5 Å². The van der Waals surface area contributed by atoms with Gasteiger partial charge in [-0.2, -0.15) is 0 Å². The molecule has 0 bridgehead atoms. The van der Waals surface area contributed by atoms with Crippen LogP contribution in [0.2, 0.25) is 0 Å². The van der Waals surface area contributed by atoms with E-state index in [4.69, 9.17) is 5.73 Å². The summed E-state index contributed by atoms with van der Waals surface area (Å²) >= 11 is 0. The highest BCUT2D eigenvalue weighted by Crippen LogP contribution is 2.15. The number of nitrogens with one attached hydrogen (secondary N) is 1. The highest BCUT2D eigenvalue weighted by Gasteiger charge is 2.15. The van der Waals surface area contributed by atoms with Crippen molar-refractivity contribution < 1.29 is 12.8 Å². The van der Waals surface area contributed by atoms with Crippen molar-refractivity contribution >= 4 is 15.7 Å². The predicted molar refractivity (Wildman–Crippen MR) is 69.2 cm³/mol. The lowest BCUT2D eigenvalue weighted by Gasteiger charge is -2.14. The van der Waals surface area contributed by atoms with Crippen LogP contribution in [-0.2, 0) is 10.0 Å². The van der Waals surface area contributed by atoms with E-state index in [2.05, 4.69) is 4.72 Å². The van der Waals surface area contributed by atoms with Gasteiger partial charge in [-0.25, -0.2) is 17.5 Å². The smallest absolute Gasteiger partial charge is 0.240 e. The molecule has 0 fully saturated rings. The molecule has 102 valence electrons. The Morgan fingerprint density at radius 2 is 2.06 bits per heavy atom. The number of nitrogen functional groups attached to an aromatic ring is 1. The maximum atomic E-state index is 13.1. The first-order chi connectivity index (χ1) is 8.35. The van der Waals surface area contributed by atoms with Crippen LogP contribution in [0.1, 0.15) is 6.92 Å². The van der Waals surface area contributed by atoms with E-state index in [0.29, 0.717) is 6.54 Å². The molecule has 1 aromatic carbocycles. The molecule has 0 aliphatic carbocycles. The number of nitrogens with two attached hydrogens (primary N) is 1. The molecule has 0 spiro atoms. The van der Waals surface area contributed by atoms with Crippen LogP contribution >= 0.6 is 0 Å². The maximum absolute atomic E-state index is 13.1. The van der Waals surface area contributed by atoms with Crippen LogP contribution in [0.4, 0.5) is 10.1 Å². The van der Waals surface area contributed by atoms with Crippen LogP contribution in [0.3, 0.4) is 0 Å². The van der Waals surface area contributed by atoms with Gasteiger partial charge >= 0.3 is 0 Å². The van der Waals surface area contributed by atoms with Crippen molar-refractivity contribution in [1.29, 1.82) is 0 Å². The summed E-state index contributed by atoms with van der Waals surface area (Å²) in [5, 5.41) is 0. The number of nitrogens with zero attached hydrogens (tertiary/aromatic N) is 1. The number of likely N-dealkylation sites (N-methyl/N-ethyl adjacent to an activating group) is 1. The standard InChI is InChI=1S/C11H18FN3O2S/c1-3-15(2)5-4-14-18(16,17)11-7-9(12)6-10(13)8-11/h6-8,14H,3-5,13H2,1-2H3. The molecule has 1 rings (SSSR count). The summed E-state index contributed by atoms with van der Waals surface area (Å²) in [7, 11) is -1.82. The molecule has 18 heavy (non-hydrogen) atoms. The first kappa shape index (κ1) is 14.9. The minimum absolute atomic E-state index is 0.0843. The Hall–Kier alpha value is -1.18. The van der Waals surface area contributed by atoms with Gasteiger partial charge in [-0.1, -0.05) is 6.92 Å². The lowest BCUT2D eigenvalue weighted by Crippen LogP contribution is -2.33. The molecule has 0 atom stereocenters. The number of hydrogen-bond donors (Lipinski definition) is 2. The molecule has 7 heteroatoms. The van der Waals surface area contributed by atoms with E-state index in [1.54, 1.807) is 0 Å². The van der Waals surface area contributed by atoms with Gasteiger partial charge in [0.15, 0.2) is 0 Å². The predicted octanol–water partition coefficient (Wildman–Crippen LogP) is 0.638.